The summed E-state index contributed by atoms with van der Waals surface area (Å²) in [5, 5.41) is 2.94. The Labute approximate surface area is 184 Å². The summed E-state index contributed by atoms with van der Waals surface area (Å²) in [6.07, 6.45) is 2.48. The standard InChI is InChI=1S/C27H38O2Si/c1-8-29-25(28)20-11-13-21(14-12-20)30(9-2,10-3)22-15-16-23-24(19-22)27(6,7)18-17-26(23,4)5/h11-16,19H,8-10,17-18H2,1-7H3. The second-order valence-electron chi connectivity index (χ2n) is 10.1. The molecule has 0 radical (unpaired) electrons. The van der Waals surface area contributed by atoms with Crippen molar-refractivity contribution in [3.63, 3.8) is 0 Å². The van der Waals surface area contributed by atoms with Crippen molar-refractivity contribution >= 4 is 24.4 Å². The Balaban J connectivity index is 2.10. The minimum Gasteiger partial charge on any atom is -0.462 e. The Bertz CT molecular complexity index is 905. The highest BCUT2D eigenvalue weighted by atomic mass is 28.3. The number of carbonyl (C=O) groups is 1. The fourth-order valence-corrected chi connectivity index (χ4v) is 9.35. The molecule has 162 valence electrons. The molecular weight excluding hydrogens is 384 g/mol. The molecule has 0 unspecified atom stereocenters. The molecule has 0 heterocycles. The fraction of sp³-hybridized carbons (Fsp3) is 0.519. The molecule has 0 bridgehead atoms. The first-order chi connectivity index (χ1) is 14.1. The normalized spacial score (nSPS) is 17.3. The van der Waals surface area contributed by atoms with E-state index in [1.54, 1.807) is 0 Å². The predicted octanol–water partition coefficient (Wildman–Crippen LogP) is 5.82. The summed E-state index contributed by atoms with van der Waals surface area (Å²) in [4.78, 5) is 12.1. The zero-order chi connectivity index (χ0) is 22.2. The van der Waals surface area contributed by atoms with E-state index in [2.05, 4.69) is 71.9 Å². The average Bonchev–Trinajstić information content (AvgIpc) is 2.73. The molecule has 2 nitrogen and oxygen atoms in total. The summed E-state index contributed by atoms with van der Waals surface area (Å²) >= 11 is 0. The third-order valence-corrected chi connectivity index (χ3v) is 12.8. The Hall–Kier alpha value is -1.87. The molecule has 0 atom stereocenters. The highest BCUT2D eigenvalue weighted by Crippen LogP contribution is 2.45. The SMILES string of the molecule is CCOC(=O)c1ccc([Si](CC)(CC)c2ccc3c(c2)C(C)(C)CCC3(C)C)cc1. The van der Waals surface area contributed by atoms with Gasteiger partial charge in [-0.2, -0.15) is 0 Å². The third kappa shape index (κ3) is 3.89. The van der Waals surface area contributed by atoms with E-state index in [-0.39, 0.29) is 16.8 Å². The molecule has 0 aromatic heterocycles. The quantitative estimate of drug-likeness (QED) is 0.433. The van der Waals surface area contributed by atoms with Crippen molar-refractivity contribution in [1.29, 1.82) is 0 Å². The molecule has 2 aromatic carbocycles. The second-order valence-corrected chi connectivity index (χ2v) is 14.8. The van der Waals surface area contributed by atoms with Crippen molar-refractivity contribution in [2.45, 2.75) is 84.2 Å². The maximum atomic E-state index is 12.1. The lowest BCUT2D eigenvalue weighted by atomic mass is 9.63. The zero-order valence-corrected chi connectivity index (χ0v) is 20.9. The van der Waals surface area contributed by atoms with Crippen LogP contribution in [0.5, 0.6) is 0 Å². The van der Waals surface area contributed by atoms with Gasteiger partial charge in [0.1, 0.15) is 8.07 Å². The average molecular weight is 423 g/mol. The number of esters is 1. The molecule has 2 aromatic rings. The monoisotopic (exact) mass is 422 g/mol. The number of ether oxygens (including phenoxy) is 1. The first-order valence-electron chi connectivity index (χ1n) is 11.5. The number of hydrogen-bond acceptors (Lipinski definition) is 2. The van der Waals surface area contributed by atoms with Crippen LogP contribution in [0.4, 0.5) is 0 Å². The van der Waals surface area contributed by atoms with E-state index in [9.17, 15) is 4.79 Å². The lowest BCUT2D eigenvalue weighted by Crippen LogP contribution is -2.57. The van der Waals surface area contributed by atoms with Gasteiger partial charge < -0.3 is 4.74 Å². The van der Waals surface area contributed by atoms with Gasteiger partial charge in [0.15, 0.2) is 0 Å². The van der Waals surface area contributed by atoms with Gasteiger partial charge in [-0.25, -0.2) is 4.79 Å². The van der Waals surface area contributed by atoms with Crippen molar-refractivity contribution in [3.05, 3.63) is 59.2 Å². The Morgan fingerprint density at radius 1 is 0.833 bits per heavy atom. The summed E-state index contributed by atoms with van der Waals surface area (Å²) in [5.41, 5.74) is 4.17. The number of fused-ring (bicyclic) bond motifs is 1. The van der Waals surface area contributed by atoms with Crippen molar-refractivity contribution < 1.29 is 9.53 Å². The van der Waals surface area contributed by atoms with Crippen LogP contribution < -0.4 is 10.4 Å². The van der Waals surface area contributed by atoms with Crippen LogP contribution in [0.3, 0.4) is 0 Å². The Kier molecular flexibility index (Phi) is 6.34. The minimum atomic E-state index is -1.89. The van der Waals surface area contributed by atoms with Gasteiger partial charge >= 0.3 is 5.97 Å². The van der Waals surface area contributed by atoms with Crippen LogP contribution in [-0.2, 0) is 15.6 Å². The van der Waals surface area contributed by atoms with Gasteiger partial charge in [0, 0.05) is 0 Å². The van der Waals surface area contributed by atoms with E-state index in [0.717, 1.165) is 12.1 Å². The van der Waals surface area contributed by atoms with Crippen LogP contribution in [0.1, 0.15) is 82.8 Å². The van der Waals surface area contributed by atoms with Crippen molar-refractivity contribution in [1.82, 2.24) is 0 Å². The number of benzene rings is 2. The number of carbonyl (C=O) groups excluding carboxylic acids is 1. The van der Waals surface area contributed by atoms with E-state index in [0.29, 0.717) is 12.2 Å². The van der Waals surface area contributed by atoms with Crippen LogP contribution >= 0.6 is 0 Å². The van der Waals surface area contributed by atoms with Crippen LogP contribution in [0, 0.1) is 0 Å². The third-order valence-electron chi connectivity index (χ3n) is 7.56. The van der Waals surface area contributed by atoms with Crippen molar-refractivity contribution in [2.24, 2.45) is 0 Å². The van der Waals surface area contributed by atoms with Gasteiger partial charge in [0.05, 0.1) is 12.2 Å². The predicted molar refractivity (Wildman–Crippen MR) is 130 cm³/mol. The molecule has 1 aliphatic rings. The summed E-state index contributed by atoms with van der Waals surface area (Å²) in [6, 6.07) is 18.0. The van der Waals surface area contributed by atoms with E-state index in [4.69, 9.17) is 4.74 Å². The van der Waals surface area contributed by atoms with Crippen LogP contribution in [0.15, 0.2) is 42.5 Å². The first-order valence-corrected chi connectivity index (χ1v) is 14.0. The molecule has 0 aliphatic heterocycles. The molecule has 0 fully saturated rings. The van der Waals surface area contributed by atoms with Gasteiger partial charge in [0.2, 0.25) is 0 Å². The highest BCUT2D eigenvalue weighted by molar-refractivity contribution is 7.02. The van der Waals surface area contributed by atoms with Gasteiger partial charge in [-0.1, -0.05) is 94.3 Å². The molecule has 30 heavy (non-hydrogen) atoms. The maximum absolute atomic E-state index is 12.1. The highest BCUT2D eigenvalue weighted by Gasteiger charge is 2.40. The van der Waals surface area contributed by atoms with Crippen molar-refractivity contribution in [2.75, 3.05) is 6.61 Å². The van der Waals surface area contributed by atoms with Crippen LogP contribution in [0.2, 0.25) is 12.1 Å². The Morgan fingerprint density at radius 2 is 1.37 bits per heavy atom. The van der Waals surface area contributed by atoms with Gasteiger partial charge in [-0.3, -0.25) is 0 Å². The van der Waals surface area contributed by atoms with E-state index in [1.807, 2.05) is 19.1 Å². The number of hydrogen-bond donors (Lipinski definition) is 0. The minimum absolute atomic E-state index is 0.219. The number of rotatable bonds is 6. The molecule has 0 saturated carbocycles. The summed E-state index contributed by atoms with van der Waals surface area (Å²) < 4.78 is 5.17. The van der Waals surface area contributed by atoms with E-state index in [1.165, 1.54) is 34.3 Å². The summed E-state index contributed by atoms with van der Waals surface area (Å²) in [6.45, 7) is 16.5. The molecule has 0 N–H and O–H groups in total. The van der Waals surface area contributed by atoms with Gasteiger partial charge in [-0.15, -0.1) is 0 Å². The van der Waals surface area contributed by atoms with Crippen LogP contribution in [-0.4, -0.2) is 20.7 Å². The summed E-state index contributed by atoms with van der Waals surface area (Å²) in [7, 11) is -1.89. The van der Waals surface area contributed by atoms with E-state index >= 15 is 0 Å². The van der Waals surface area contributed by atoms with Gasteiger partial charge in [-0.05, 0) is 53.9 Å². The Morgan fingerprint density at radius 3 is 1.90 bits per heavy atom. The molecule has 0 amide bonds. The van der Waals surface area contributed by atoms with E-state index < -0.39 is 8.07 Å². The van der Waals surface area contributed by atoms with Crippen LogP contribution in [0.25, 0.3) is 0 Å². The summed E-state index contributed by atoms with van der Waals surface area (Å²) in [5.74, 6) is -0.234. The fourth-order valence-electron chi connectivity index (χ4n) is 5.26. The molecular formula is C27H38O2Si. The largest absolute Gasteiger partial charge is 0.462 e. The topological polar surface area (TPSA) is 26.3 Å². The molecule has 1 aliphatic carbocycles. The molecule has 0 saturated heterocycles. The smallest absolute Gasteiger partial charge is 0.338 e. The molecule has 3 heteroatoms. The second kappa shape index (κ2) is 8.34. The zero-order valence-electron chi connectivity index (χ0n) is 19.9. The molecule has 3 rings (SSSR count). The lowest BCUT2D eigenvalue weighted by molar-refractivity contribution is 0.0526. The maximum Gasteiger partial charge on any atom is 0.338 e. The molecule has 0 spiro atoms. The lowest BCUT2D eigenvalue weighted by Gasteiger charge is -2.43. The van der Waals surface area contributed by atoms with Gasteiger partial charge in [0.25, 0.3) is 0 Å². The van der Waals surface area contributed by atoms with Crippen molar-refractivity contribution in [3.8, 4) is 0 Å². The first kappa shape index (κ1) is 22.8.